The van der Waals surface area contributed by atoms with E-state index in [0.717, 1.165) is 31.3 Å². The van der Waals surface area contributed by atoms with E-state index in [1.165, 1.54) is 36.5 Å². The molecule has 0 aromatic rings. The van der Waals surface area contributed by atoms with E-state index >= 15 is 0 Å². The fourth-order valence-corrected chi connectivity index (χ4v) is 1.92. The number of rotatable bonds is 10. The highest BCUT2D eigenvalue weighted by atomic mass is 16.1. The molecule has 0 aliphatic heterocycles. The molecule has 0 bridgehead atoms. The van der Waals surface area contributed by atoms with E-state index in [2.05, 4.69) is 32.9 Å². The Morgan fingerprint density at radius 2 is 1.42 bits per heavy atom. The van der Waals surface area contributed by atoms with Gasteiger partial charge in [-0.05, 0) is 65.4 Å². The fraction of sp³-hybridized carbons (Fsp3) is 0.611. The van der Waals surface area contributed by atoms with E-state index in [1.807, 2.05) is 13.2 Å². The number of hydrogen-bond donors (Lipinski definition) is 0. The molecule has 0 atom stereocenters. The van der Waals surface area contributed by atoms with E-state index in [-0.39, 0.29) is 0 Å². The van der Waals surface area contributed by atoms with Crippen LogP contribution in [-0.4, -0.2) is 6.29 Å². The van der Waals surface area contributed by atoms with Crippen LogP contribution in [0.5, 0.6) is 0 Å². The van der Waals surface area contributed by atoms with Gasteiger partial charge in [0.2, 0.25) is 6.29 Å². The van der Waals surface area contributed by atoms with Crippen molar-refractivity contribution in [2.24, 2.45) is 0 Å². The van der Waals surface area contributed by atoms with Crippen molar-refractivity contribution in [3.8, 4) is 0 Å². The van der Waals surface area contributed by atoms with E-state index in [0.29, 0.717) is 0 Å². The molecule has 1 nitrogen and oxygen atoms in total. The third-order valence-electron chi connectivity index (χ3n) is 3.29. The molecule has 0 aromatic heterocycles. The van der Waals surface area contributed by atoms with Gasteiger partial charge in [0.05, 0.1) is 0 Å². The fourth-order valence-electron chi connectivity index (χ4n) is 1.92. The summed E-state index contributed by atoms with van der Waals surface area (Å²) < 4.78 is 0. The molecule has 1 radical (unpaired) electrons. The van der Waals surface area contributed by atoms with Crippen molar-refractivity contribution in [3.05, 3.63) is 34.9 Å². The van der Waals surface area contributed by atoms with Crippen molar-refractivity contribution in [2.45, 2.75) is 72.6 Å². The Kier molecular flexibility index (Phi) is 11.3. The van der Waals surface area contributed by atoms with Crippen molar-refractivity contribution in [1.29, 1.82) is 0 Å². The molecule has 0 spiro atoms. The summed E-state index contributed by atoms with van der Waals surface area (Å²) in [5.74, 6) is 0. The molecule has 19 heavy (non-hydrogen) atoms. The Bertz CT molecular complexity index is 332. The molecule has 0 saturated carbocycles. The second-order valence-corrected chi connectivity index (χ2v) is 5.39. The zero-order chi connectivity index (χ0) is 14.5. The third kappa shape index (κ3) is 11.7. The van der Waals surface area contributed by atoms with Gasteiger partial charge in [0.25, 0.3) is 0 Å². The highest BCUT2D eigenvalue weighted by molar-refractivity contribution is 5.66. The summed E-state index contributed by atoms with van der Waals surface area (Å²) >= 11 is 0. The van der Waals surface area contributed by atoms with Gasteiger partial charge in [-0.25, -0.2) is 0 Å². The number of carbonyl (C=O) groups excluding carboxylic acids is 1. The quantitative estimate of drug-likeness (QED) is 0.365. The summed E-state index contributed by atoms with van der Waals surface area (Å²) in [6, 6.07) is 0. The van der Waals surface area contributed by atoms with Crippen LogP contribution < -0.4 is 0 Å². The average Bonchev–Trinajstić information content (AvgIpc) is 2.36. The van der Waals surface area contributed by atoms with Gasteiger partial charge in [0.15, 0.2) is 0 Å². The lowest BCUT2D eigenvalue weighted by Gasteiger charge is -2.02. The van der Waals surface area contributed by atoms with Gasteiger partial charge in [-0.1, -0.05) is 42.2 Å². The first-order valence-corrected chi connectivity index (χ1v) is 7.44. The number of hydrogen-bond acceptors (Lipinski definition) is 1. The first-order chi connectivity index (χ1) is 9.10. The lowest BCUT2D eigenvalue weighted by atomic mass is 10.0. The Morgan fingerprint density at radius 3 is 1.95 bits per heavy atom. The van der Waals surface area contributed by atoms with Crippen LogP contribution in [0.2, 0.25) is 0 Å². The van der Waals surface area contributed by atoms with Crippen molar-refractivity contribution in [3.63, 3.8) is 0 Å². The summed E-state index contributed by atoms with van der Waals surface area (Å²) in [7, 11) is 0. The van der Waals surface area contributed by atoms with E-state index in [1.54, 1.807) is 0 Å². The minimum absolute atomic E-state index is 0.956. The standard InChI is InChI=1S/C18H29O/c1-5-6-9-16(2)10-7-11-17(3)12-8-13-18(4)14-15-19/h10,12,14H,5-9,11,13H2,1-4H3/b16-10+,17-12+,18-14+. The molecule has 0 saturated heterocycles. The lowest BCUT2D eigenvalue weighted by molar-refractivity contribution is 0.564. The predicted octanol–water partition coefficient (Wildman–Crippen LogP) is 5.69. The van der Waals surface area contributed by atoms with Crippen LogP contribution in [0.15, 0.2) is 34.9 Å². The third-order valence-corrected chi connectivity index (χ3v) is 3.29. The topological polar surface area (TPSA) is 17.1 Å². The minimum Gasteiger partial charge on any atom is -0.286 e. The minimum atomic E-state index is 0.956. The Labute approximate surface area is 119 Å². The van der Waals surface area contributed by atoms with Crippen LogP contribution in [-0.2, 0) is 4.79 Å². The maximum atomic E-state index is 10.2. The van der Waals surface area contributed by atoms with E-state index in [9.17, 15) is 4.79 Å². The van der Waals surface area contributed by atoms with Gasteiger partial charge < -0.3 is 0 Å². The smallest absolute Gasteiger partial charge is 0.225 e. The monoisotopic (exact) mass is 261 g/mol. The zero-order valence-corrected chi connectivity index (χ0v) is 13.1. The Balaban J connectivity index is 3.87. The van der Waals surface area contributed by atoms with Crippen LogP contribution in [0.25, 0.3) is 0 Å². The van der Waals surface area contributed by atoms with Crippen molar-refractivity contribution < 1.29 is 4.79 Å². The average molecular weight is 261 g/mol. The van der Waals surface area contributed by atoms with Gasteiger partial charge in [-0.15, -0.1) is 0 Å². The maximum absolute atomic E-state index is 10.2. The van der Waals surface area contributed by atoms with Crippen LogP contribution in [0.3, 0.4) is 0 Å². The van der Waals surface area contributed by atoms with E-state index in [4.69, 9.17) is 0 Å². The molecule has 0 aromatic carbocycles. The zero-order valence-electron chi connectivity index (χ0n) is 13.1. The first kappa shape index (κ1) is 17.9. The highest BCUT2D eigenvalue weighted by Gasteiger charge is 1.93. The molecule has 0 aliphatic carbocycles. The predicted molar refractivity (Wildman–Crippen MR) is 85.0 cm³/mol. The summed E-state index contributed by atoms with van der Waals surface area (Å²) in [6.07, 6.45) is 16.1. The second-order valence-electron chi connectivity index (χ2n) is 5.39. The van der Waals surface area contributed by atoms with Crippen molar-refractivity contribution in [1.82, 2.24) is 0 Å². The van der Waals surface area contributed by atoms with Crippen LogP contribution in [0.1, 0.15) is 72.6 Å². The van der Waals surface area contributed by atoms with Crippen molar-refractivity contribution in [2.75, 3.05) is 0 Å². The van der Waals surface area contributed by atoms with Crippen LogP contribution in [0.4, 0.5) is 0 Å². The largest absolute Gasteiger partial charge is 0.286 e. The Hall–Kier alpha value is -1.11. The molecule has 0 heterocycles. The molecule has 0 N–H and O–H groups in total. The normalized spacial score (nSPS) is 13.8. The second kappa shape index (κ2) is 12.0. The molecule has 1 heteroatoms. The first-order valence-electron chi connectivity index (χ1n) is 7.44. The molecule has 0 unspecified atom stereocenters. The van der Waals surface area contributed by atoms with Gasteiger partial charge in [-0.2, -0.15) is 0 Å². The summed E-state index contributed by atoms with van der Waals surface area (Å²) in [5, 5.41) is 0. The molecule has 0 amide bonds. The maximum Gasteiger partial charge on any atom is 0.225 e. The van der Waals surface area contributed by atoms with Gasteiger partial charge in [-0.3, -0.25) is 4.79 Å². The lowest BCUT2D eigenvalue weighted by Crippen LogP contribution is -1.82. The molecular formula is C18H29O. The van der Waals surface area contributed by atoms with Crippen LogP contribution in [0, 0.1) is 0 Å². The van der Waals surface area contributed by atoms with Crippen molar-refractivity contribution >= 4 is 6.29 Å². The van der Waals surface area contributed by atoms with E-state index < -0.39 is 0 Å². The van der Waals surface area contributed by atoms with Gasteiger partial charge >= 0.3 is 0 Å². The highest BCUT2D eigenvalue weighted by Crippen LogP contribution is 2.13. The Morgan fingerprint density at radius 1 is 0.895 bits per heavy atom. The van der Waals surface area contributed by atoms with Gasteiger partial charge in [0.1, 0.15) is 0 Å². The SMILES string of the molecule is CCCC/C(C)=C/CC/C(C)=C/CC/C(C)=C/[C]=O. The summed E-state index contributed by atoms with van der Waals surface area (Å²) in [6.45, 7) is 8.64. The number of unbranched alkanes of at least 4 members (excludes halogenated alkanes) is 1. The van der Waals surface area contributed by atoms with Crippen LogP contribution >= 0.6 is 0 Å². The summed E-state index contributed by atoms with van der Waals surface area (Å²) in [5.41, 5.74) is 4.08. The molecule has 0 fully saturated rings. The molecule has 107 valence electrons. The van der Waals surface area contributed by atoms with Gasteiger partial charge in [0, 0.05) is 0 Å². The summed E-state index contributed by atoms with van der Waals surface area (Å²) in [4.78, 5) is 10.2. The molecular weight excluding hydrogens is 232 g/mol. The molecule has 0 aliphatic rings. The number of allylic oxidation sites excluding steroid dienone is 6. The molecule has 0 rings (SSSR count).